The van der Waals surface area contributed by atoms with E-state index in [-0.39, 0.29) is 30.4 Å². The fourth-order valence-corrected chi connectivity index (χ4v) is 2.92. The summed E-state index contributed by atoms with van der Waals surface area (Å²) in [5, 5.41) is 0. The van der Waals surface area contributed by atoms with E-state index in [4.69, 9.17) is 9.47 Å². The molecule has 7 nitrogen and oxygen atoms in total. The van der Waals surface area contributed by atoms with Gasteiger partial charge in [-0.2, -0.15) is 0 Å². The van der Waals surface area contributed by atoms with E-state index in [0.29, 0.717) is 49.7 Å². The monoisotopic (exact) mass is 362 g/mol. The largest absolute Gasteiger partial charge is 0.497 e. The van der Waals surface area contributed by atoms with Gasteiger partial charge in [0.15, 0.2) is 0 Å². The fraction of sp³-hybridized carbons (Fsp3) is 0.526. The van der Waals surface area contributed by atoms with E-state index in [1.165, 1.54) is 6.92 Å². The van der Waals surface area contributed by atoms with Crippen LogP contribution in [0.2, 0.25) is 0 Å². The maximum Gasteiger partial charge on any atom is 0.254 e. The summed E-state index contributed by atoms with van der Waals surface area (Å²) in [7, 11) is 3.08. The summed E-state index contributed by atoms with van der Waals surface area (Å²) in [6.45, 7) is 3.60. The van der Waals surface area contributed by atoms with Gasteiger partial charge < -0.3 is 24.1 Å². The number of amides is 2. The van der Waals surface area contributed by atoms with Crippen LogP contribution in [0.1, 0.15) is 36.5 Å². The quantitative estimate of drug-likeness (QED) is 0.771. The Morgan fingerprint density at radius 1 is 0.885 bits per heavy atom. The first-order valence-electron chi connectivity index (χ1n) is 8.74. The fourth-order valence-electron chi connectivity index (χ4n) is 2.92. The molecule has 2 rings (SSSR count). The highest BCUT2D eigenvalue weighted by atomic mass is 16.5. The Hall–Kier alpha value is -2.57. The standard InChI is InChI=1S/C19H26N2O5/c1-14(22)5-6-18(23)20-7-4-8-21(10-9-20)19(24)15-11-16(25-2)13-17(12-15)26-3/h11-13H,4-10H2,1-3H3. The summed E-state index contributed by atoms with van der Waals surface area (Å²) in [4.78, 5) is 39.6. The van der Waals surface area contributed by atoms with Gasteiger partial charge in [-0.1, -0.05) is 0 Å². The Balaban J connectivity index is 2.03. The van der Waals surface area contributed by atoms with Gasteiger partial charge in [0.2, 0.25) is 5.91 Å². The average Bonchev–Trinajstić information content (AvgIpc) is 2.91. The van der Waals surface area contributed by atoms with Gasteiger partial charge in [-0.3, -0.25) is 9.59 Å². The number of rotatable bonds is 6. The molecule has 1 aliphatic heterocycles. The Morgan fingerprint density at radius 3 is 2.04 bits per heavy atom. The van der Waals surface area contributed by atoms with Crippen LogP contribution in [0, 0.1) is 0 Å². The molecule has 7 heteroatoms. The molecule has 1 fully saturated rings. The summed E-state index contributed by atoms with van der Waals surface area (Å²) >= 11 is 0. The maximum absolute atomic E-state index is 12.8. The second-order valence-corrected chi connectivity index (χ2v) is 6.33. The number of hydrogen-bond donors (Lipinski definition) is 0. The second kappa shape index (κ2) is 9.22. The zero-order chi connectivity index (χ0) is 19.1. The Morgan fingerprint density at radius 2 is 1.46 bits per heavy atom. The van der Waals surface area contributed by atoms with Gasteiger partial charge in [0.1, 0.15) is 17.3 Å². The topological polar surface area (TPSA) is 76.2 Å². The van der Waals surface area contributed by atoms with Crippen molar-refractivity contribution in [2.75, 3.05) is 40.4 Å². The van der Waals surface area contributed by atoms with Crippen molar-refractivity contribution in [2.45, 2.75) is 26.2 Å². The minimum absolute atomic E-state index is 0.0111. The molecule has 1 aliphatic rings. The molecular weight excluding hydrogens is 336 g/mol. The van der Waals surface area contributed by atoms with Gasteiger partial charge in [-0.15, -0.1) is 0 Å². The van der Waals surface area contributed by atoms with E-state index in [1.807, 2.05) is 0 Å². The minimum atomic E-state index is -0.111. The van der Waals surface area contributed by atoms with E-state index in [2.05, 4.69) is 0 Å². The van der Waals surface area contributed by atoms with Gasteiger partial charge in [-0.05, 0) is 25.5 Å². The first-order chi connectivity index (χ1) is 12.4. The van der Waals surface area contributed by atoms with Crippen molar-refractivity contribution in [1.29, 1.82) is 0 Å². The van der Waals surface area contributed by atoms with Crippen molar-refractivity contribution < 1.29 is 23.9 Å². The SMILES string of the molecule is COc1cc(OC)cc(C(=O)N2CCCN(C(=O)CCC(C)=O)CC2)c1. The molecule has 1 aromatic rings. The number of hydrogen-bond acceptors (Lipinski definition) is 5. The number of carbonyl (C=O) groups excluding carboxylic acids is 3. The smallest absolute Gasteiger partial charge is 0.254 e. The zero-order valence-corrected chi connectivity index (χ0v) is 15.6. The molecule has 0 aliphatic carbocycles. The first-order valence-corrected chi connectivity index (χ1v) is 8.74. The normalized spacial score (nSPS) is 14.6. The van der Waals surface area contributed by atoms with Crippen molar-refractivity contribution in [2.24, 2.45) is 0 Å². The van der Waals surface area contributed by atoms with Crippen molar-refractivity contribution in [1.82, 2.24) is 9.80 Å². The highest BCUT2D eigenvalue weighted by Crippen LogP contribution is 2.24. The van der Waals surface area contributed by atoms with Gasteiger partial charge in [0, 0.05) is 50.7 Å². The van der Waals surface area contributed by atoms with Crippen LogP contribution in [-0.4, -0.2) is 67.8 Å². The zero-order valence-electron chi connectivity index (χ0n) is 15.6. The lowest BCUT2D eigenvalue weighted by Gasteiger charge is -2.22. The van der Waals surface area contributed by atoms with Crippen LogP contribution in [0.5, 0.6) is 11.5 Å². The molecule has 0 atom stereocenters. The van der Waals surface area contributed by atoms with E-state index in [0.717, 1.165) is 0 Å². The molecule has 26 heavy (non-hydrogen) atoms. The third-order valence-electron chi connectivity index (χ3n) is 4.43. The van der Waals surface area contributed by atoms with Crippen LogP contribution in [0.15, 0.2) is 18.2 Å². The molecule has 0 unspecified atom stereocenters. The molecule has 0 saturated carbocycles. The van der Waals surface area contributed by atoms with Gasteiger partial charge in [-0.25, -0.2) is 0 Å². The Bertz CT molecular complexity index is 652. The number of ether oxygens (including phenoxy) is 2. The number of benzene rings is 1. The van der Waals surface area contributed by atoms with Crippen molar-refractivity contribution in [3.8, 4) is 11.5 Å². The number of nitrogens with zero attached hydrogens (tertiary/aromatic N) is 2. The molecule has 0 radical (unpaired) electrons. The lowest BCUT2D eigenvalue weighted by atomic mass is 10.1. The van der Waals surface area contributed by atoms with Gasteiger partial charge in [0.25, 0.3) is 5.91 Å². The molecule has 142 valence electrons. The summed E-state index contributed by atoms with van der Waals surface area (Å²) < 4.78 is 10.4. The van der Waals surface area contributed by atoms with Crippen LogP contribution in [0.3, 0.4) is 0 Å². The van der Waals surface area contributed by atoms with Crippen LogP contribution < -0.4 is 9.47 Å². The van der Waals surface area contributed by atoms with Gasteiger partial charge >= 0.3 is 0 Å². The predicted octanol–water partition coefficient (Wildman–Crippen LogP) is 1.75. The van der Waals surface area contributed by atoms with Crippen molar-refractivity contribution >= 4 is 17.6 Å². The third-order valence-corrected chi connectivity index (χ3v) is 4.43. The molecule has 1 saturated heterocycles. The average molecular weight is 362 g/mol. The van der Waals surface area contributed by atoms with Crippen LogP contribution >= 0.6 is 0 Å². The molecule has 0 spiro atoms. The van der Waals surface area contributed by atoms with Crippen molar-refractivity contribution in [3.63, 3.8) is 0 Å². The lowest BCUT2D eigenvalue weighted by Crippen LogP contribution is -2.37. The molecule has 1 aromatic carbocycles. The predicted molar refractivity (Wildman–Crippen MR) is 96.6 cm³/mol. The minimum Gasteiger partial charge on any atom is -0.497 e. The van der Waals surface area contributed by atoms with E-state index < -0.39 is 0 Å². The summed E-state index contributed by atoms with van der Waals surface area (Å²) in [6.07, 6.45) is 1.20. The molecule has 0 N–H and O–H groups in total. The number of methoxy groups -OCH3 is 2. The molecule has 0 aromatic heterocycles. The molecular formula is C19H26N2O5. The highest BCUT2D eigenvalue weighted by Gasteiger charge is 2.23. The van der Waals surface area contributed by atoms with Crippen LogP contribution in [-0.2, 0) is 9.59 Å². The van der Waals surface area contributed by atoms with E-state index >= 15 is 0 Å². The van der Waals surface area contributed by atoms with E-state index in [9.17, 15) is 14.4 Å². The van der Waals surface area contributed by atoms with E-state index in [1.54, 1.807) is 42.2 Å². The third kappa shape index (κ3) is 5.21. The summed E-state index contributed by atoms with van der Waals surface area (Å²) in [5.41, 5.74) is 0.498. The summed E-state index contributed by atoms with van der Waals surface area (Å²) in [6, 6.07) is 5.09. The molecule has 1 heterocycles. The van der Waals surface area contributed by atoms with Gasteiger partial charge in [0.05, 0.1) is 14.2 Å². The summed E-state index contributed by atoms with van der Waals surface area (Å²) in [5.74, 6) is 0.988. The van der Waals surface area contributed by atoms with Crippen molar-refractivity contribution in [3.05, 3.63) is 23.8 Å². The number of ketones is 1. The van der Waals surface area contributed by atoms with Crippen LogP contribution in [0.4, 0.5) is 0 Å². The Kier molecular flexibility index (Phi) is 7.00. The first kappa shape index (κ1) is 19.8. The maximum atomic E-state index is 12.8. The number of carbonyl (C=O) groups is 3. The highest BCUT2D eigenvalue weighted by molar-refractivity contribution is 5.95. The molecule has 0 bridgehead atoms. The second-order valence-electron chi connectivity index (χ2n) is 6.33. The van der Waals surface area contributed by atoms with Crippen LogP contribution in [0.25, 0.3) is 0 Å². The lowest BCUT2D eigenvalue weighted by molar-refractivity contribution is -0.132. The molecule has 2 amide bonds. The Labute approximate surface area is 153 Å². The number of Topliss-reactive ketones (excluding diaryl/α,β-unsaturated/α-hetero) is 1.